The zero-order chi connectivity index (χ0) is 14.8. The molecule has 1 aromatic carbocycles. The molecule has 112 valence electrons. The van der Waals surface area contributed by atoms with Crippen LogP contribution in [0.4, 0.5) is 0 Å². The van der Waals surface area contributed by atoms with Gasteiger partial charge in [0.15, 0.2) is 0 Å². The Labute approximate surface area is 123 Å². The molecule has 3 unspecified atom stereocenters. The average molecular weight is 275 g/mol. The van der Waals surface area contributed by atoms with Gasteiger partial charge in [0.2, 0.25) is 0 Å². The molecule has 1 fully saturated rings. The summed E-state index contributed by atoms with van der Waals surface area (Å²) in [6.45, 7) is 6.96. The van der Waals surface area contributed by atoms with Crippen LogP contribution in [0, 0.1) is 17.8 Å². The van der Waals surface area contributed by atoms with Gasteiger partial charge in [0.1, 0.15) is 5.75 Å². The van der Waals surface area contributed by atoms with Crippen LogP contribution in [0.3, 0.4) is 0 Å². The van der Waals surface area contributed by atoms with Crippen LogP contribution in [0.1, 0.15) is 45.6 Å². The number of ether oxygens (including phenoxy) is 1. The van der Waals surface area contributed by atoms with Gasteiger partial charge in [-0.3, -0.25) is 0 Å². The molecule has 0 radical (unpaired) electrons. The van der Waals surface area contributed by atoms with Crippen LogP contribution < -0.4 is 10.5 Å². The molecule has 2 nitrogen and oxygen atoms in total. The molecule has 2 rings (SSSR count). The van der Waals surface area contributed by atoms with Crippen LogP contribution in [-0.4, -0.2) is 12.6 Å². The molecular formula is C18H29NO. The minimum atomic E-state index is -0.114. The predicted molar refractivity (Wildman–Crippen MR) is 85.0 cm³/mol. The van der Waals surface area contributed by atoms with Crippen molar-refractivity contribution < 1.29 is 4.74 Å². The Hall–Kier alpha value is -1.02. The summed E-state index contributed by atoms with van der Waals surface area (Å²) in [6, 6.07) is 8.33. The molecule has 3 atom stereocenters. The van der Waals surface area contributed by atoms with Crippen LogP contribution in [0.25, 0.3) is 0 Å². The largest absolute Gasteiger partial charge is 0.497 e. The van der Waals surface area contributed by atoms with Crippen molar-refractivity contribution in [2.24, 2.45) is 23.5 Å². The Bertz CT molecular complexity index is 414. The summed E-state index contributed by atoms with van der Waals surface area (Å²) in [5, 5.41) is 0. The van der Waals surface area contributed by atoms with Crippen molar-refractivity contribution in [2.45, 2.75) is 52.0 Å². The summed E-state index contributed by atoms with van der Waals surface area (Å²) in [4.78, 5) is 0. The van der Waals surface area contributed by atoms with E-state index >= 15 is 0 Å². The van der Waals surface area contributed by atoms with Crippen molar-refractivity contribution in [3.8, 4) is 5.75 Å². The second-order valence-corrected chi connectivity index (χ2v) is 7.15. The molecule has 1 saturated carbocycles. The zero-order valence-electron chi connectivity index (χ0n) is 13.4. The fraction of sp³-hybridized carbons (Fsp3) is 0.667. The van der Waals surface area contributed by atoms with E-state index in [4.69, 9.17) is 10.5 Å². The van der Waals surface area contributed by atoms with E-state index in [1.165, 1.54) is 24.8 Å². The summed E-state index contributed by atoms with van der Waals surface area (Å²) in [7, 11) is 1.70. The molecule has 1 aromatic rings. The minimum absolute atomic E-state index is 0.114. The number of hydrogen-bond donors (Lipinski definition) is 1. The molecule has 0 amide bonds. The summed E-state index contributed by atoms with van der Waals surface area (Å²) in [5.41, 5.74) is 7.88. The molecule has 20 heavy (non-hydrogen) atoms. The number of rotatable bonds is 4. The van der Waals surface area contributed by atoms with Gasteiger partial charge >= 0.3 is 0 Å². The first-order valence-electron chi connectivity index (χ1n) is 7.82. The molecule has 2 heteroatoms. The maximum Gasteiger partial charge on any atom is 0.118 e. The number of benzene rings is 1. The SMILES string of the molecule is COc1ccc(CC(C)(N)C2CC(C)CC(C)C2)cc1. The Morgan fingerprint density at radius 3 is 2.15 bits per heavy atom. The highest BCUT2D eigenvalue weighted by Gasteiger charge is 2.35. The monoisotopic (exact) mass is 275 g/mol. The Morgan fingerprint density at radius 2 is 1.65 bits per heavy atom. The van der Waals surface area contributed by atoms with E-state index in [0.29, 0.717) is 5.92 Å². The molecule has 0 aliphatic heterocycles. The van der Waals surface area contributed by atoms with Gasteiger partial charge in [-0.05, 0) is 68.1 Å². The lowest BCUT2D eigenvalue weighted by molar-refractivity contribution is 0.145. The smallest absolute Gasteiger partial charge is 0.118 e. The lowest BCUT2D eigenvalue weighted by atomic mass is 9.67. The molecule has 1 aliphatic rings. The van der Waals surface area contributed by atoms with Crippen LogP contribution in [0.2, 0.25) is 0 Å². The standard InChI is InChI=1S/C18H29NO/c1-13-9-14(2)11-16(10-13)18(3,19)12-15-5-7-17(20-4)8-6-15/h5-8,13-14,16H,9-12,19H2,1-4H3. The summed E-state index contributed by atoms with van der Waals surface area (Å²) in [5.74, 6) is 3.15. The fourth-order valence-electron chi connectivity index (χ4n) is 3.81. The predicted octanol–water partition coefficient (Wildman–Crippen LogP) is 4.03. The second kappa shape index (κ2) is 6.17. The van der Waals surface area contributed by atoms with Gasteiger partial charge in [0.05, 0.1) is 7.11 Å². The van der Waals surface area contributed by atoms with Crippen molar-refractivity contribution in [3.63, 3.8) is 0 Å². The zero-order valence-corrected chi connectivity index (χ0v) is 13.4. The van der Waals surface area contributed by atoms with E-state index in [2.05, 4.69) is 32.9 Å². The Kier molecular flexibility index (Phi) is 4.74. The highest BCUT2D eigenvalue weighted by Crippen LogP contribution is 2.39. The summed E-state index contributed by atoms with van der Waals surface area (Å²) in [6.07, 6.45) is 4.84. The quantitative estimate of drug-likeness (QED) is 0.900. The third kappa shape index (κ3) is 3.76. The molecule has 0 aromatic heterocycles. The van der Waals surface area contributed by atoms with Crippen molar-refractivity contribution in [1.29, 1.82) is 0 Å². The van der Waals surface area contributed by atoms with Gasteiger partial charge in [-0.1, -0.05) is 26.0 Å². The van der Waals surface area contributed by atoms with Gasteiger partial charge in [-0.2, -0.15) is 0 Å². The third-order valence-electron chi connectivity index (χ3n) is 4.86. The molecule has 0 bridgehead atoms. The maximum atomic E-state index is 6.69. The normalized spacial score (nSPS) is 29.8. The van der Waals surface area contributed by atoms with Gasteiger partial charge in [0, 0.05) is 5.54 Å². The second-order valence-electron chi connectivity index (χ2n) is 7.15. The molecule has 0 spiro atoms. The fourth-order valence-corrected chi connectivity index (χ4v) is 3.81. The molecule has 1 aliphatic carbocycles. The Balaban J connectivity index is 2.05. The molecule has 0 saturated heterocycles. The maximum absolute atomic E-state index is 6.69. The average Bonchev–Trinajstić information content (AvgIpc) is 2.38. The van der Waals surface area contributed by atoms with E-state index in [1.807, 2.05) is 12.1 Å². The first-order valence-corrected chi connectivity index (χ1v) is 7.82. The van der Waals surface area contributed by atoms with E-state index < -0.39 is 0 Å². The van der Waals surface area contributed by atoms with Crippen LogP contribution in [-0.2, 0) is 6.42 Å². The highest BCUT2D eigenvalue weighted by atomic mass is 16.5. The van der Waals surface area contributed by atoms with Crippen molar-refractivity contribution in [2.75, 3.05) is 7.11 Å². The van der Waals surface area contributed by atoms with Gasteiger partial charge in [0.25, 0.3) is 0 Å². The van der Waals surface area contributed by atoms with Crippen LogP contribution in [0.5, 0.6) is 5.75 Å². The lowest BCUT2D eigenvalue weighted by Crippen LogP contribution is -2.48. The van der Waals surface area contributed by atoms with Gasteiger partial charge in [-0.15, -0.1) is 0 Å². The highest BCUT2D eigenvalue weighted by molar-refractivity contribution is 5.28. The number of nitrogens with two attached hydrogens (primary N) is 1. The molecule has 2 N–H and O–H groups in total. The van der Waals surface area contributed by atoms with Crippen LogP contribution >= 0.6 is 0 Å². The third-order valence-corrected chi connectivity index (χ3v) is 4.86. The van der Waals surface area contributed by atoms with Crippen molar-refractivity contribution >= 4 is 0 Å². The Morgan fingerprint density at radius 1 is 1.10 bits per heavy atom. The first kappa shape index (κ1) is 15.4. The van der Waals surface area contributed by atoms with E-state index in [9.17, 15) is 0 Å². The number of methoxy groups -OCH3 is 1. The molecule has 0 heterocycles. The van der Waals surface area contributed by atoms with Gasteiger partial charge < -0.3 is 10.5 Å². The van der Waals surface area contributed by atoms with Crippen molar-refractivity contribution in [3.05, 3.63) is 29.8 Å². The number of hydrogen-bond acceptors (Lipinski definition) is 2. The lowest BCUT2D eigenvalue weighted by Gasteiger charge is -2.41. The van der Waals surface area contributed by atoms with Crippen LogP contribution in [0.15, 0.2) is 24.3 Å². The van der Waals surface area contributed by atoms with Crippen molar-refractivity contribution in [1.82, 2.24) is 0 Å². The first-order chi connectivity index (χ1) is 9.40. The topological polar surface area (TPSA) is 35.2 Å². The summed E-state index contributed by atoms with van der Waals surface area (Å²) < 4.78 is 5.21. The van der Waals surface area contributed by atoms with E-state index in [0.717, 1.165) is 24.0 Å². The minimum Gasteiger partial charge on any atom is -0.497 e. The van der Waals surface area contributed by atoms with E-state index in [-0.39, 0.29) is 5.54 Å². The van der Waals surface area contributed by atoms with E-state index in [1.54, 1.807) is 7.11 Å². The summed E-state index contributed by atoms with van der Waals surface area (Å²) >= 11 is 0. The van der Waals surface area contributed by atoms with Gasteiger partial charge in [-0.25, -0.2) is 0 Å². The molecular weight excluding hydrogens is 246 g/mol.